The second kappa shape index (κ2) is 6.97. The van der Waals surface area contributed by atoms with Gasteiger partial charge in [-0.25, -0.2) is 9.37 Å². The number of fused-ring (bicyclic) bond motifs is 1. The fourth-order valence-corrected chi connectivity index (χ4v) is 2.74. The normalized spacial score (nSPS) is 10.6. The van der Waals surface area contributed by atoms with E-state index in [2.05, 4.69) is 31.5 Å². The lowest BCUT2D eigenvalue weighted by molar-refractivity contribution is 0.0963. The molecule has 0 fully saturated rings. The lowest BCUT2D eigenvalue weighted by Crippen LogP contribution is -2.18. The van der Waals surface area contributed by atoms with Gasteiger partial charge in [-0.05, 0) is 51.8 Å². The van der Waals surface area contributed by atoms with E-state index in [0.29, 0.717) is 27.9 Å². The smallest absolute Gasteiger partial charge is 0.251 e. The number of anilines is 1. The van der Waals surface area contributed by atoms with Crippen LogP contribution in [0.2, 0.25) is 0 Å². The number of hydrogen-bond acceptors (Lipinski definition) is 3. The van der Waals surface area contributed by atoms with Crippen LogP contribution in [-0.4, -0.2) is 17.9 Å². The van der Waals surface area contributed by atoms with Crippen LogP contribution in [0.15, 0.2) is 53.0 Å². The van der Waals surface area contributed by atoms with Crippen LogP contribution in [0.3, 0.4) is 0 Å². The minimum atomic E-state index is -0.342. The maximum Gasteiger partial charge on any atom is 0.251 e. The number of carbonyl (C=O) groups excluding carboxylic acids is 1. The first-order valence-corrected chi connectivity index (χ1v) is 8.17. The molecule has 0 atom stereocenters. The Balaban J connectivity index is 1.78. The van der Waals surface area contributed by atoms with Gasteiger partial charge >= 0.3 is 0 Å². The number of nitrogens with one attached hydrogen (secondary N) is 2. The van der Waals surface area contributed by atoms with Gasteiger partial charge in [0.25, 0.3) is 5.91 Å². The first-order valence-electron chi connectivity index (χ1n) is 7.37. The molecule has 3 aromatic rings. The molecule has 2 aromatic carbocycles. The maximum atomic E-state index is 13.6. The first kappa shape index (κ1) is 16.4. The summed E-state index contributed by atoms with van der Waals surface area (Å²) < 4.78 is 14.1. The van der Waals surface area contributed by atoms with Gasteiger partial charge in [0.05, 0.1) is 9.99 Å². The van der Waals surface area contributed by atoms with E-state index in [-0.39, 0.29) is 11.7 Å². The molecule has 122 valence electrons. The molecular weight excluding hydrogens is 373 g/mol. The van der Waals surface area contributed by atoms with Crippen molar-refractivity contribution >= 4 is 38.6 Å². The number of carbonyl (C=O) groups is 1. The number of aromatic nitrogens is 1. The number of halogens is 2. The molecule has 0 saturated heterocycles. The van der Waals surface area contributed by atoms with Crippen molar-refractivity contribution in [3.8, 4) is 0 Å². The number of pyridine rings is 1. The molecule has 0 radical (unpaired) electrons. The van der Waals surface area contributed by atoms with Crippen LogP contribution in [0.5, 0.6) is 0 Å². The molecule has 24 heavy (non-hydrogen) atoms. The summed E-state index contributed by atoms with van der Waals surface area (Å²) in [5.74, 6) is 0.182. The summed E-state index contributed by atoms with van der Waals surface area (Å²) in [5, 5.41) is 6.65. The molecule has 1 amide bonds. The average molecular weight is 388 g/mol. The molecular formula is C18H15BrFN3O. The number of nitrogens with zero attached hydrogens (tertiary/aromatic N) is 1. The van der Waals surface area contributed by atoms with Gasteiger partial charge in [-0.1, -0.05) is 12.1 Å². The van der Waals surface area contributed by atoms with Gasteiger partial charge in [0.15, 0.2) is 0 Å². The number of amides is 1. The van der Waals surface area contributed by atoms with Crippen molar-refractivity contribution < 1.29 is 9.18 Å². The summed E-state index contributed by atoms with van der Waals surface area (Å²) in [6, 6.07) is 14.2. The third-order valence-corrected chi connectivity index (χ3v) is 4.23. The van der Waals surface area contributed by atoms with E-state index in [1.807, 2.05) is 30.3 Å². The lowest BCUT2D eigenvalue weighted by Gasteiger charge is -2.08. The van der Waals surface area contributed by atoms with Crippen LogP contribution < -0.4 is 10.6 Å². The van der Waals surface area contributed by atoms with E-state index in [9.17, 15) is 9.18 Å². The number of hydrogen-bond donors (Lipinski definition) is 2. The Morgan fingerprint density at radius 2 is 2.04 bits per heavy atom. The highest BCUT2D eigenvalue weighted by molar-refractivity contribution is 9.10. The van der Waals surface area contributed by atoms with Crippen LogP contribution in [0, 0.1) is 5.82 Å². The first-order chi connectivity index (χ1) is 11.6. The molecule has 0 spiro atoms. The van der Waals surface area contributed by atoms with Crippen LogP contribution in [0.1, 0.15) is 15.9 Å². The van der Waals surface area contributed by atoms with Crippen molar-refractivity contribution in [2.75, 3.05) is 12.4 Å². The summed E-state index contributed by atoms with van der Waals surface area (Å²) in [4.78, 5) is 16.1. The summed E-state index contributed by atoms with van der Waals surface area (Å²) in [6.45, 7) is 0.516. The molecule has 0 aliphatic rings. The Bertz CT molecular complexity index is 914. The van der Waals surface area contributed by atoms with Gasteiger partial charge < -0.3 is 10.6 Å². The summed E-state index contributed by atoms with van der Waals surface area (Å²) in [5.41, 5.74) is 2.15. The lowest BCUT2D eigenvalue weighted by atomic mass is 10.1. The third-order valence-electron chi connectivity index (χ3n) is 3.62. The topological polar surface area (TPSA) is 54.0 Å². The Kier molecular flexibility index (Phi) is 4.76. The van der Waals surface area contributed by atoms with E-state index in [0.717, 1.165) is 10.9 Å². The molecule has 3 rings (SSSR count). The second-order valence-corrected chi connectivity index (χ2v) is 6.14. The number of rotatable bonds is 4. The van der Waals surface area contributed by atoms with E-state index in [4.69, 9.17) is 0 Å². The quantitative estimate of drug-likeness (QED) is 0.708. The van der Waals surface area contributed by atoms with Gasteiger partial charge in [-0.3, -0.25) is 4.79 Å². The summed E-state index contributed by atoms with van der Waals surface area (Å²) in [6.07, 6.45) is 0. The highest BCUT2D eigenvalue weighted by Crippen LogP contribution is 2.23. The van der Waals surface area contributed by atoms with Gasteiger partial charge in [-0.15, -0.1) is 0 Å². The summed E-state index contributed by atoms with van der Waals surface area (Å²) in [7, 11) is 1.60. The van der Waals surface area contributed by atoms with Crippen molar-refractivity contribution in [2.24, 2.45) is 0 Å². The molecule has 0 unspecified atom stereocenters. The largest absolute Gasteiger partial charge is 0.366 e. The zero-order chi connectivity index (χ0) is 17.1. The highest BCUT2D eigenvalue weighted by Gasteiger charge is 2.06. The van der Waals surface area contributed by atoms with Gasteiger partial charge in [-0.2, -0.15) is 0 Å². The van der Waals surface area contributed by atoms with Gasteiger partial charge in [0, 0.05) is 30.6 Å². The standard InChI is InChI=1S/C18H15BrFN3O/c1-21-18(24)13-4-2-3-11(7-13)10-22-17-6-5-12-8-14(19)15(20)9-16(12)23-17/h2-9H,10H2,1H3,(H,21,24)(H,22,23). The monoisotopic (exact) mass is 387 g/mol. The predicted octanol–water partition coefficient (Wildman–Crippen LogP) is 4.11. The highest BCUT2D eigenvalue weighted by atomic mass is 79.9. The van der Waals surface area contributed by atoms with Crippen molar-refractivity contribution in [2.45, 2.75) is 6.54 Å². The van der Waals surface area contributed by atoms with E-state index < -0.39 is 0 Å². The van der Waals surface area contributed by atoms with Gasteiger partial charge in [0.2, 0.25) is 0 Å². The fourth-order valence-electron chi connectivity index (χ4n) is 2.38. The van der Waals surface area contributed by atoms with Crippen molar-refractivity contribution in [3.05, 3.63) is 69.9 Å². The molecule has 0 bridgehead atoms. The molecule has 6 heteroatoms. The SMILES string of the molecule is CNC(=O)c1cccc(CNc2ccc3cc(Br)c(F)cc3n2)c1. The van der Waals surface area contributed by atoms with Crippen LogP contribution in [-0.2, 0) is 6.54 Å². The number of benzene rings is 2. The summed E-state index contributed by atoms with van der Waals surface area (Å²) >= 11 is 3.17. The second-order valence-electron chi connectivity index (χ2n) is 5.29. The Morgan fingerprint density at radius 3 is 2.83 bits per heavy atom. The molecule has 0 saturated carbocycles. The van der Waals surface area contributed by atoms with Crippen LogP contribution in [0.4, 0.5) is 10.2 Å². The van der Waals surface area contributed by atoms with Crippen LogP contribution in [0.25, 0.3) is 10.9 Å². The Hall–Kier alpha value is -2.47. The third kappa shape index (κ3) is 3.54. The predicted molar refractivity (Wildman–Crippen MR) is 96.6 cm³/mol. The van der Waals surface area contributed by atoms with Crippen LogP contribution >= 0.6 is 15.9 Å². The Labute approximate surface area is 147 Å². The molecule has 0 aliphatic carbocycles. The average Bonchev–Trinajstić information content (AvgIpc) is 2.60. The maximum absolute atomic E-state index is 13.6. The van der Waals surface area contributed by atoms with Crippen molar-refractivity contribution in [1.29, 1.82) is 0 Å². The molecule has 1 aromatic heterocycles. The fraction of sp³-hybridized carbons (Fsp3) is 0.111. The van der Waals surface area contributed by atoms with Crippen molar-refractivity contribution in [1.82, 2.24) is 10.3 Å². The zero-order valence-electron chi connectivity index (χ0n) is 12.9. The van der Waals surface area contributed by atoms with Gasteiger partial charge in [0.1, 0.15) is 11.6 Å². The molecule has 1 heterocycles. The van der Waals surface area contributed by atoms with Crippen molar-refractivity contribution in [3.63, 3.8) is 0 Å². The molecule has 4 nitrogen and oxygen atoms in total. The Morgan fingerprint density at radius 1 is 1.21 bits per heavy atom. The van der Waals surface area contributed by atoms with E-state index in [1.54, 1.807) is 19.2 Å². The molecule has 2 N–H and O–H groups in total. The zero-order valence-corrected chi connectivity index (χ0v) is 14.5. The minimum absolute atomic E-state index is 0.123. The minimum Gasteiger partial charge on any atom is -0.366 e. The molecule has 0 aliphatic heterocycles. The van der Waals surface area contributed by atoms with E-state index in [1.165, 1.54) is 6.07 Å². The van der Waals surface area contributed by atoms with E-state index >= 15 is 0 Å².